The lowest BCUT2D eigenvalue weighted by Crippen LogP contribution is -2.31. The van der Waals surface area contributed by atoms with Crippen molar-refractivity contribution >= 4 is 39.9 Å². The fourth-order valence-electron chi connectivity index (χ4n) is 5.23. The molecule has 0 amide bonds. The van der Waals surface area contributed by atoms with E-state index in [1.807, 2.05) is 30.5 Å². The Morgan fingerprint density at radius 2 is 2.00 bits per heavy atom. The minimum absolute atomic E-state index is 0.0631. The molecule has 1 aliphatic rings. The molecule has 2 heterocycles. The van der Waals surface area contributed by atoms with Gasteiger partial charge in [0.25, 0.3) is 5.56 Å². The van der Waals surface area contributed by atoms with Crippen molar-refractivity contribution < 1.29 is 4.74 Å². The van der Waals surface area contributed by atoms with Crippen LogP contribution in [0.25, 0.3) is 10.9 Å². The highest BCUT2D eigenvalue weighted by Crippen LogP contribution is 2.33. The Labute approximate surface area is 225 Å². The van der Waals surface area contributed by atoms with Crippen molar-refractivity contribution in [3.63, 3.8) is 0 Å². The normalized spacial score (nSPS) is 14.5. The molecule has 1 unspecified atom stereocenters. The van der Waals surface area contributed by atoms with Crippen LogP contribution in [-0.2, 0) is 0 Å². The number of hydrogen-bond acceptors (Lipinski definition) is 8. The fraction of sp³-hybridized carbons (Fsp3) is 0.321. The van der Waals surface area contributed by atoms with E-state index < -0.39 is 6.04 Å². The third-order valence-electron chi connectivity index (χ3n) is 7.15. The van der Waals surface area contributed by atoms with Gasteiger partial charge in [-0.1, -0.05) is 30.5 Å². The summed E-state index contributed by atoms with van der Waals surface area (Å²) in [5.41, 5.74) is 8.74. The number of anilines is 2. The first-order chi connectivity index (χ1) is 18.3. The van der Waals surface area contributed by atoms with Crippen molar-refractivity contribution in [3.8, 4) is 5.75 Å². The Morgan fingerprint density at radius 3 is 2.71 bits per heavy atom. The maximum Gasteiger partial charge on any atom is 0.261 e. The third-order valence-corrected chi connectivity index (χ3v) is 7.45. The van der Waals surface area contributed by atoms with Gasteiger partial charge >= 0.3 is 0 Å². The van der Waals surface area contributed by atoms with Gasteiger partial charge in [0, 0.05) is 11.6 Å². The number of para-hydroxylation sites is 1. The molecule has 10 heteroatoms. The van der Waals surface area contributed by atoms with Crippen LogP contribution in [0.5, 0.6) is 5.75 Å². The largest absolute Gasteiger partial charge is 0.496 e. The molecule has 0 spiro atoms. The molecule has 196 valence electrons. The van der Waals surface area contributed by atoms with Crippen LogP contribution < -0.4 is 21.3 Å². The molecule has 38 heavy (non-hydrogen) atoms. The summed E-state index contributed by atoms with van der Waals surface area (Å²) in [4.78, 5) is 27.1. The zero-order valence-electron chi connectivity index (χ0n) is 21.6. The van der Waals surface area contributed by atoms with E-state index in [0.29, 0.717) is 38.7 Å². The molecule has 4 aromatic rings. The number of aryl methyl sites for hydroxylation is 1. The van der Waals surface area contributed by atoms with E-state index in [2.05, 4.69) is 15.3 Å². The van der Waals surface area contributed by atoms with Gasteiger partial charge in [-0.2, -0.15) is 0 Å². The van der Waals surface area contributed by atoms with Crippen LogP contribution in [0.1, 0.15) is 67.2 Å². The van der Waals surface area contributed by atoms with Gasteiger partial charge in [0.05, 0.1) is 40.4 Å². The molecule has 1 atom stereocenters. The molecule has 1 fully saturated rings. The maximum absolute atomic E-state index is 13.7. The third kappa shape index (κ3) is 4.58. The van der Waals surface area contributed by atoms with E-state index >= 15 is 0 Å². The summed E-state index contributed by atoms with van der Waals surface area (Å²) < 4.78 is 7.17. The summed E-state index contributed by atoms with van der Waals surface area (Å²) >= 11 is 6.46. The molecule has 0 bridgehead atoms. The summed E-state index contributed by atoms with van der Waals surface area (Å²) in [6.45, 7) is 3.83. The van der Waals surface area contributed by atoms with Gasteiger partial charge < -0.3 is 15.8 Å². The van der Waals surface area contributed by atoms with Crippen molar-refractivity contribution in [2.45, 2.75) is 51.6 Å². The number of benzene rings is 2. The van der Waals surface area contributed by atoms with Gasteiger partial charge in [-0.25, -0.2) is 15.0 Å². The van der Waals surface area contributed by atoms with Crippen LogP contribution in [0.15, 0.2) is 47.5 Å². The lowest BCUT2D eigenvalue weighted by molar-refractivity contribution is 0.411. The Hall–Kier alpha value is -3.98. The highest BCUT2D eigenvalue weighted by atomic mass is 35.5. The number of rotatable bonds is 7. The standard InChI is InChI=1S/C28H30ClN7O2/c1-15-13-17(11-12-21(15)38-3)23(30)22-25(31)32-14-33-26(22)34-16(2)27-35-24-19(9-6-10-20(24)29)28(37)36(27)18-7-4-5-8-18/h6,9-14,16,18,30H,4-5,7-8H2,1-3H3,(H3,31,32,33,34). The van der Waals surface area contributed by atoms with Gasteiger partial charge in [-0.15, -0.1) is 0 Å². The second-order valence-corrected chi connectivity index (χ2v) is 10.0. The van der Waals surface area contributed by atoms with Crippen LogP contribution in [0, 0.1) is 12.3 Å². The van der Waals surface area contributed by atoms with Crippen molar-refractivity contribution in [2.75, 3.05) is 18.2 Å². The molecule has 0 saturated heterocycles. The average Bonchev–Trinajstić information content (AvgIpc) is 3.43. The van der Waals surface area contributed by atoms with E-state index in [9.17, 15) is 4.79 Å². The number of hydrogen-bond donors (Lipinski definition) is 3. The van der Waals surface area contributed by atoms with E-state index in [4.69, 9.17) is 32.5 Å². The molecule has 1 saturated carbocycles. The molecule has 2 aromatic heterocycles. The van der Waals surface area contributed by atoms with E-state index in [-0.39, 0.29) is 23.1 Å². The lowest BCUT2D eigenvalue weighted by atomic mass is 10.0. The zero-order valence-corrected chi connectivity index (χ0v) is 22.3. The first-order valence-electron chi connectivity index (χ1n) is 12.6. The number of nitrogens with zero attached hydrogens (tertiary/aromatic N) is 4. The quantitative estimate of drug-likeness (QED) is 0.270. The molecule has 4 N–H and O–H groups in total. The fourth-order valence-corrected chi connectivity index (χ4v) is 5.44. The topological polar surface area (TPSA) is 132 Å². The molecule has 5 rings (SSSR count). The summed E-state index contributed by atoms with van der Waals surface area (Å²) in [6.07, 6.45) is 5.32. The number of fused-ring (bicyclic) bond motifs is 1. The van der Waals surface area contributed by atoms with Gasteiger partial charge in [0.15, 0.2) is 0 Å². The first-order valence-corrected chi connectivity index (χ1v) is 13.0. The summed E-state index contributed by atoms with van der Waals surface area (Å²) in [5.74, 6) is 1.86. The Kier molecular flexibility index (Phi) is 7.03. The van der Waals surface area contributed by atoms with Crippen molar-refractivity contribution in [1.29, 1.82) is 5.41 Å². The number of aromatic nitrogens is 4. The van der Waals surface area contributed by atoms with Gasteiger partial charge in [0.1, 0.15) is 29.5 Å². The number of ether oxygens (including phenoxy) is 1. The van der Waals surface area contributed by atoms with Crippen molar-refractivity contribution in [1.82, 2.24) is 19.5 Å². The number of nitrogens with two attached hydrogens (primary N) is 1. The van der Waals surface area contributed by atoms with Gasteiger partial charge in [0.2, 0.25) is 0 Å². The second-order valence-electron chi connectivity index (χ2n) is 9.63. The molecule has 1 aliphatic carbocycles. The van der Waals surface area contributed by atoms with Crippen molar-refractivity contribution in [3.05, 3.63) is 80.6 Å². The maximum atomic E-state index is 13.7. The van der Waals surface area contributed by atoms with Crippen LogP contribution >= 0.6 is 11.6 Å². The SMILES string of the molecule is COc1ccc(C(=N)c2c(N)ncnc2NC(C)c2nc3c(Cl)cccc3c(=O)n2C2CCCC2)cc1C. The number of methoxy groups -OCH3 is 1. The Balaban J connectivity index is 1.58. The van der Waals surface area contributed by atoms with Crippen molar-refractivity contribution in [2.24, 2.45) is 0 Å². The predicted molar refractivity (Wildman–Crippen MR) is 151 cm³/mol. The van der Waals surface area contributed by atoms with Crippen LogP contribution in [0.3, 0.4) is 0 Å². The van der Waals surface area contributed by atoms with Crippen LogP contribution in [-0.4, -0.2) is 32.3 Å². The van der Waals surface area contributed by atoms with Gasteiger partial charge in [-0.05, 0) is 62.6 Å². The number of halogens is 1. The number of nitrogens with one attached hydrogen (secondary N) is 2. The zero-order chi connectivity index (χ0) is 27.0. The van der Waals surface area contributed by atoms with E-state index in [1.54, 1.807) is 31.4 Å². The highest BCUT2D eigenvalue weighted by Gasteiger charge is 2.27. The lowest BCUT2D eigenvalue weighted by Gasteiger charge is -2.24. The minimum Gasteiger partial charge on any atom is -0.496 e. The molecular weight excluding hydrogens is 502 g/mol. The van der Waals surface area contributed by atoms with Crippen LogP contribution in [0.4, 0.5) is 11.6 Å². The first kappa shape index (κ1) is 25.7. The van der Waals surface area contributed by atoms with E-state index in [0.717, 1.165) is 37.0 Å². The second kappa shape index (κ2) is 10.4. The summed E-state index contributed by atoms with van der Waals surface area (Å²) in [5, 5.41) is 13.2. The van der Waals surface area contributed by atoms with Gasteiger partial charge in [-0.3, -0.25) is 14.8 Å². The Bertz CT molecular complexity index is 1590. The predicted octanol–water partition coefficient (Wildman–Crippen LogP) is 5.44. The molecule has 2 aromatic carbocycles. The molecule has 9 nitrogen and oxygen atoms in total. The molecule has 0 aliphatic heterocycles. The van der Waals surface area contributed by atoms with Crippen LogP contribution in [0.2, 0.25) is 5.02 Å². The highest BCUT2D eigenvalue weighted by molar-refractivity contribution is 6.35. The summed E-state index contributed by atoms with van der Waals surface area (Å²) in [7, 11) is 1.61. The Morgan fingerprint density at radius 1 is 1.24 bits per heavy atom. The smallest absolute Gasteiger partial charge is 0.261 e. The summed E-state index contributed by atoms with van der Waals surface area (Å²) in [6, 6.07) is 10.4. The average molecular weight is 532 g/mol. The molecular formula is C28H30ClN7O2. The monoisotopic (exact) mass is 531 g/mol. The minimum atomic E-state index is -0.442. The number of nitrogen functional groups attached to an aromatic ring is 1. The van der Waals surface area contributed by atoms with E-state index in [1.165, 1.54) is 6.33 Å². The molecule has 0 radical (unpaired) electrons.